The number of fused-ring (bicyclic) bond motifs is 4. The van der Waals surface area contributed by atoms with Gasteiger partial charge in [-0.15, -0.1) is 0 Å². The van der Waals surface area contributed by atoms with Crippen LogP contribution in [0, 0.1) is 5.92 Å². The van der Waals surface area contributed by atoms with E-state index < -0.39 is 44.4 Å². The minimum Gasteiger partial charge on any atom is -0.490 e. The van der Waals surface area contributed by atoms with Gasteiger partial charge < -0.3 is 14.5 Å². The smallest absolute Gasteiger partial charge is 0.264 e. The average Bonchev–Trinajstić information content (AvgIpc) is 3.72. The first-order valence-electron chi connectivity index (χ1n) is 18.5. The SMILES string of the molecule is C[C@@H]1[C@@H](C)C/C=C(\F)[C@H](C(=O)N(C)Cc2ccnn2C)N2CCC[C@H]2CN2C[C@@]3(CCCc4cc(Cl)ccc43)COc3ccc(cc32)C(=O)NS1(=O)=O. The number of halogens is 2. The number of ether oxygens (including phenoxy) is 1. The van der Waals surface area contributed by atoms with Crippen LogP contribution in [0.5, 0.6) is 5.75 Å². The zero-order valence-corrected chi connectivity index (χ0v) is 32.3. The molecule has 0 saturated carbocycles. The van der Waals surface area contributed by atoms with Crippen LogP contribution in [-0.4, -0.2) is 90.4 Å². The Bertz CT molecular complexity index is 2040. The number of amides is 2. The summed E-state index contributed by atoms with van der Waals surface area (Å²) in [7, 11) is -0.670. The lowest BCUT2D eigenvalue weighted by atomic mass is 9.70. The highest BCUT2D eigenvalue weighted by molar-refractivity contribution is 7.90. The first kappa shape index (κ1) is 37.4. The number of carbonyl (C=O) groups excluding carboxylic acids is 2. The molecule has 1 N–H and O–H groups in total. The van der Waals surface area contributed by atoms with E-state index in [4.69, 9.17) is 16.3 Å². The van der Waals surface area contributed by atoms with Gasteiger partial charge in [0.1, 0.15) is 17.6 Å². The van der Waals surface area contributed by atoms with Gasteiger partial charge in [0.05, 0.1) is 29.8 Å². The number of allylic oxidation sites excluding steroid dienone is 1. The van der Waals surface area contributed by atoms with Gasteiger partial charge in [-0.3, -0.25) is 19.2 Å². The maximum absolute atomic E-state index is 16.8. The Balaban J connectivity index is 1.33. The van der Waals surface area contributed by atoms with E-state index in [9.17, 15) is 18.0 Å². The Kier molecular flexibility index (Phi) is 10.4. The quantitative estimate of drug-likeness (QED) is 0.378. The number of rotatable bonds is 3. The first-order valence-corrected chi connectivity index (χ1v) is 20.4. The molecule has 0 unspecified atom stereocenters. The monoisotopic (exact) mass is 766 g/mol. The zero-order valence-electron chi connectivity index (χ0n) is 30.7. The van der Waals surface area contributed by atoms with Gasteiger partial charge in [-0.1, -0.05) is 30.7 Å². The fourth-order valence-corrected chi connectivity index (χ4v) is 10.1. The van der Waals surface area contributed by atoms with Crippen LogP contribution in [0.25, 0.3) is 0 Å². The van der Waals surface area contributed by atoms with E-state index in [1.165, 1.54) is 29.0 Å². The number of hydrogen-bond acceptors (Lipinski definition) is 8. The fourth-order valence-electron chi connectivity index (χ4n) is 8.60. The van der Waals surface area contributed by atoms with E-state index in [1.54, 1.807) is 50.1 Å². The lowest BCUT2D eigenvalue weighted by Gasteiger charge is -2.42. The van der Waals surface area contributed by atoms with Gasteiger partial charge in [0, 0.05) is 55.4 Å². The van der Waals surface area contributed by atoms with Crippen molar-refractivity contribution in [1.29, 1.82) is 0 Å². The number of likely N-dealkylation sites (N-methyl/N-ethyl adjacent to an activating group) is 1. The molecule has 1 saturated heterocycles. The van der Waals surface area contributed by atoms with E-state index in [0.717, 1.165) is 37.8 Å². The van der Waals surface area contributed by atoms with E-state index in [-0.39, 0.29) is 30.5 Å². The number of nitrogens with zero attached hydrogens (tertiary/aromatic N) is 5. The molecular weight excluding hydrogens is 719 g/mol. The van der Waals surface area contributed by atoms with Crippen LogP contribution in [0.3, 0.4) is 0 Å². The van der Waals surface area contributed by atoms with E-state index in [0.29, 0.717) is 42.7 Å². The van der Waals surface area contributed by atoms with Crippen LogP contribution < -0.4 is 14.4 Å². The Hall–Kier alpha value is -3.94. The van der Waals surface area contributed by atoms with Crippen molar-refractivity contribution in [3.05, 3.63) is 88.0 Å². The number of benzene rings is 2. The van der Waals surface area contributed by atoms with Gasteiger partial charge in [0.2, 0.25) is 15.9 Å². The number of nitrogens with one attached hydrogen (secondary N) is 1. The second kappa shape index (κ2) is 14.7. The average molecular weight is 767 g/mol. The maximum atomic E-state index is 16.8. The number of aryl methyl sites for hydroxylation is 2. The molecule has 2 aromatic carbocycles. The molecule has 1 fully saturated rings. The molecule has 3 aromatic rings. The van der Waals surface area contributed by atoms with Crippen molar-refractivity contribution < 1.29 is 27.1 Å². The highest BCUT2D eigenvalue weighted by Crippen LogP contribution is 2.45. The Labute approximate surface area is 316 Å². The van der Waals surface area contributed by atoms with Crippen LogP contribution >= 0.6 is 11.6 Å². The Morgan fingerprint density at radius 2 is 1.98 bits per heavy atom. The molecule has 7 rings (SSSR count). The van der Waals surface area contributed by atoms with E-state index in [1.807, 2.05) is 23.1 Å². The third-order valence-electron chi connectivity index (χ3n) is 11.9. The lowest BCUT2D eigenvalue weighted by molar-refractivity contribution is -0.135. The predicted molar refractivity (Wildman–Crippen MR) is 202 cm³/mol. The molecule has 53 heavy (non-hydrogen) atoms. The number of aromatic nitrogens is 2. The molecule has 284 valence electrons. The molecule has 5 atom stereocenters. The van der Waals surface area contributed by atoms with Gasteiger partial charge in [0.25, 0.3) is 5.91 Å². The molecule has 1 aliphatic carbocycles. The Morgan fingerprint density at radius 3 is 2.75 bits per heavy atom. The number of carbonyl (C=O) groups is 2. The van der Waals surface area contributed by atoms with E-state index in [2.05, 4.69) is 20.8 Å². The normalized spacial score (nSPS) is 28.5. The van der Waals surface area contributed by atoms with Crippen LogP contribution in [0.2, 0.25) is 5.02 Å². The number of hydrogen-bond donors (Lipinski definition) is 1. The highest BCUT2D eigenvalue weighted by Gasteiger charge is 2.45. The molecule has 1 spiro atoms. The molecule has 4 aliphatic rings. The number of sulfonamides is 1. The minimum atomic E-state index is -4.15. The second-order valence-electron chi connectivity index (χ2n) is 15.3. The molecule has 2 amide bonds. The summed E-state index contributed by atoms with van der Waals surface area (Å²) in [5.41, 5.74) is 3.59. The molecule has 1 aromatic heterocycles. The van der Waals surface area contributed by atoms with Gasteiger partial charge >= 0.3 is 0 Å². The lowest BCUT2D eigenvalue weighted by Crippen LogP contribution is -2.54. The van der Waals surface area contributed by atoms with Gasteiger partial charge in [0.15, 0.2) is 0 Å². The van der Waals surface area contributed by atoms with Gasteiger partial charge in [-0.25, -0.2) is 17.5 Å². The van der Waals surface area contributed by atoms with Crippen LogP contribution in [0.4, 0.5) is 10.1 Å². The summed E-state index contributed by atoms with van der Waals surface area (Å²) in [5.74, 6) is -1.71. The topological polar surface area (TPSA) is 117 Å². The maximum Gasteiger partial charge on any atom is 0.264 e. The van der Waals surface area contributed by atoms with E-state index >= 15 is 4.39 Å². The summed E-state index contributed by atoms with van der Waals surface area (Å²) in [6.07, 6.45) is 7.29. The van der Waals surface area contributed by atoms with Crippen molar-refractivity contribution in [3.8, 4) is 5.75 Å². The molecule has 11 nitrogen and oxygen atoms in total. The molecule has 4 heterocycles. The molecular formula is C39H48ClFN6O5S. The van der Waals surface area contributed by atoms with Gasteiger partial charge in [-0.2, -0.15) is 5.10 Å². The second-order valence-corrected chi connectivity index (χ2v) is 17.8. The standard InChI is InChI=1S/C39H48ClFN6O5S/c1-25-9-13-33(41)36(38(49)44(3)21-30-15-17-42-45(30)4)47-18-6-8-31(47)22-46-23-39(16-5-7-27-19-29(40)11-12-32(27)39)24-52-35-14-10-28(20-34(35)46)37(48)43-53(50,51)26(25)2/h10-15,17,19-20,25-26,31,36H,5-9,16,18,21-24H2,1-4H3,(H,43,48)/b33-13-/t25-,26+,31-,36+,39-/m0/s1. The van der Waals surface area contributed by atoms with Crippen molar-refractivity contribution >= 4 is 39.1 Å². The minimum absolute atomic E-state index is 0.0596. The summed E-state index contributed by atoms with van der Waals surface area (Å²) in [5, 5.41) is 3.89. The van der Waals surface area contributed by atoms with Crippen molar-refractivity contribution in [1.82, 2.24) is 24.3 Å². The number of anilines is 1. The van der Waals surface area contributed by atoms with Crippen LogP contribution in [0.1, 0.15) is 73.1 Å². The third-order valence-corrected chi connectivity index (χ3v) is 14.0. The van der Waals surface area contributed by atoms with Crippen molar-refractivity contribution in [2.24, 2.45) is 13.0 Å². The fraction of sp³-hybridized carbons (Fsp3) is 0.513. The molecule has 3 aliphatic heterocycles. The van der Waals surface area contributed by atoms with Crippen molar-refractivity contribution in [2.75, 3.05) is 38.2 Å². The van der Waals surface area contributed by atoms with Gasteiger partial charge in [-0.05, 0) is 105 Å². The summed E-state index contributed by atoms with van der Waals surface area (Å²) in [6.45, 7) is 5.33. The summed E-state index contributed by atoms with van der Waals surface area (Å²) < 4.78 is 54.4. The summed E-state index contributed by atoms with van der Waals surface area (Å²) >= 11 is 6.46. The largest absolute Gasteiger partial charge is 0.490 e. The summed E-state index contributed by atoms with van der Waals surface area (Å²) in [4.78, 5) is 33.7. The zero-order chi connectivity index (χ0) is 37.7. The van der Waals surface area contributed by atoms with Crippen LogP contribution in [0.15, 0.2) is 60.6 Å². The molecule has 2 bridgehead atoms. The highest BCUT2D eigenvalue weighted by atomic mass is 35.5. The van der Waals surface area contributed by atoms with Crippen molar-refractivity contribution in [3.63, 3.8) is 0 Å². The third kappa shape index (κ3) is 7.32. The molecule has 0 radical (unpaired) electrons. The van der Waals surface area contributed by atoms with Crippen LogP contribution in [-0.2, 0) is 40.2 Å². The van der Waals surface area contributed by atoms with Crippen molar-refractivity contribution in [2.45, 2.75) is 81.7 Å². The molecule has 14 heteroatoms. The predicted octanol–water partition coefficient (Wildman–Crippen LogP) is 5.38. The first-order chi connectivity index (χ1) is 25.3. The summed E-state index contributed by atoms with van der Waals surface area (Å²) in [6, 6.07) is 11.5. The Morgan fingerprint density at radius 1 is 1.17 bits per heavy atom.